The van der Waals surface area contributed by atoms with E-state index in [9.17, 15) is 4.79 Å². The first-order valence-electron chi connectivity index (χ1n) is 6.86. The summed E-state index contributed by atoms with van der Waals surface area (Å²) in [6, 6.07) is 5.93. The van der Waals surface area contributed by atoms with E-state index in [2.05, 4.69) is 5.32 Å². The monoisotopic (exact) mass is 280 g/mol. The van der Waals surface area contributed by atoms with Gasteiger partial charge in [0, 0.05) is 19.1 Å². The molecule has 1 unspecified atom stereocenters. The van der Waals surface area contributed by atoms with Crippen LogP contribution in [0.2, 0.25) is 5.02 Å². The number of amides is 1. The van der Waals surface area contributed by atoms with Crippen molar-refractivity contribution in [2.75, 3.05) is 20.1 Å². The van der Waals surface area contributed by atoms with Gasteiger partial charge in [-0.3, -0.25) is 4.79 Å². The van der Waals surface area contributed by atoms with Crippen LogP contribution in [0.25, 0.3) is 0 Å². The van der Waals surface area contributed by atoms with Crippen LogP contribution >= 0.6 is 11.6 Å². The molecule has 0 bridgehead atoms. The van der Waals surface area contributed by atoms with Crippen LogP contribution in [-0.2, 0) is 0 Å². The van der Waals surface area contributed by atoms with Gasteiger partial charge in [0.25, 0.3) is 5.91 Å². The van der Waals surface area contributed by atoms with Crippen molar-refractivity contribution in [1.82, 2.24) is 10.2 Å². The number of halogens is 1. The van der Waals surface area contributed by atoms with Gasteiger partial charge in [0.15, 0.2) is 0 Å². The van der Waals surface area contributed by atoms with Crippen molar-refractivity contribution >= 4 is 17.5 Å². The van der Waals surface area contributed by atoms with E-state index in [1.165, 1.54) is 6.42 Å². The number of likely N-dealkylation sites (tertiary alicyclic amines) is 1. The second kappa shape index (κ2) is 6.40. The molecule has 1 atom stereocenters. The summed E-state index contributed by atoms with van der Waals surface area (Å²) in [7, 11) is 1.93. The molecular formula is C15H21ClN2O. The summed E-state index contributed by atoms with van der Waals surface area (Å²) in [5.41, 5.74) is 1.58. The van der Waals surface area contributed by atoms with Gasteiger partial charge in [-0.15, -0.1) is 0 Å². The zero-order valence-electron chi connectivity index (χ0n) is 11.6. The highest BCUT2D eigenvalue weighted by atomic mass is 35.5. The van der Waals surface area contributed by atoms with Crippen LogP contribution in [0.15, 0.2) is 18.2 Å². The zero-order valence-corrected chi connectivity index (χ0v) is 12.3. The minimum absolute atomic E-state index is 0.0636. The molecule has 0 spiro atoms. The standard InChI is InChI=1S/C15H21ClN2O/c1-11-6-5-8-13(14(11)16)15(19)18-9-4-3-7-12(18)10-17-2/h5-6,8,12,17H,3-4,7,9-10H2,1-2H3. The maximum absolute atomic E-state index is 12.7. The number of nitrogens with zero attached hydrogens (tertiary/aromatic N) is 1. The van der Waals surface area contributed by atoms with Gasteiger partial charge in [-0.25, -0.2) is 0 Å². The van der Waals surface area contributed by atoms with E-state index in [0.717, 1.165) is 31.5 Å². The van der Waals surface area contributed by atoms with Gasteiger partial charge in [-0.05, 0) is 44.9 Å². The third-order valence-corrected chi connectivity index (χ3v) is 4.25. The lowest BCUT2D eigenvalue weighted by molar-refractivity contribution is 0.0615. The molecule has 104 valence electrons. The molecule has 19 heavy (non-hydrogen) atoms. The molecular weight excluding hydrogens is 260 g/mol. The Morgan fingerprint density at radius 1 is 1.47 bits per heavy atom. The smallest absolute Gasteiger partial charge is 0.255 e. The van der Waals surface area contributed by atoms with Crippen LogP contribution in [-0.4, -0.2) is 37.0 Å². The number of rotatable bonds is 3. The summed E-state index contributed by atoms with van der Waals surface area (Å²) in [6.07, 6.45) is 3.34. The summed E-state index contributed by atoms with van der Waals surface area (Å²) >= 11 is 6.27. The van der Waals surface area contributed by atoms with E-state index in [1.807, 2.05) is 37.1 Å². The third kappa shape index (κ3) is 3.10. The van der Waals surface area contributed by atoms with Gasteiger partial charge >= 0.3 is 0 Å². The Labute approximate surface area is 119 Å². The largest absolute Gasteiger partial charge is 0.334 e. The van der Waals surface area contributed by atoms with E-state index < -0.39 is 0 Å². The Hall–Kier alpha value is -1.06. The van der Waals surface area contributed by atoms with Crippen LogP contribution in [0.5, 0.6) is 0 Å². The van der Waals surface area contributed by atoms with Crippen LogP contribution in [0.1, 0.15) is 35.2 Å². The van der Waals surface area contributed by atoms with Crippen LogP contribution < -0.4 is 5.32 Å². The number of carbonyl (C=O) groups excluding carboxylic acids is 1. The van der Waals surface area contributed by atoms with E-state index in [-0.39, 0.29) is 11.9 Å². The lowest BCUT2D eigenvalue weighted by Gasteiger charge is -2.36. The normalized spacial score (nSPS) is 19.5. The predicted molar refractivity (Wildman–Crippen MR) is 78.8 cm³/mol. The topological polar surface area (TPSA) is 32.3 Å². The van der Waals surface area contributed by atoms with Gasteiger partial charge in [0.2, 0.25) is 0 Å². The summed E-state index contributed by atoms with van der Waals surface area (Å²) < 4.78 is 0. The van der Waals surface area contributed by atoms with Crippen molar-refractivity contribution in [3.8, 4) is 0 Å². The maximum Gasteiger partial charge on any atom is 0.255 e. The highest BCUT2D eigenvalue weighted by molar-refractivity contribution is 6.34. The Morgan fingerprint density at radius 3 is 3.00 bits per heavy atom. The van der Waals surface area contributed by atoms with Gasteiger partial charge in [0.05, 0.1) is 10.6 Å². The average molecular weight is 281 g/mol. The van der Waals surface area contributed by atoms with E-state index in [4.69, 9.17) is 11.6 Å². The zero-order chi connectivity index (χ0) is 13.8. The Bertz CT molecular complexity index is 459. The van der Waals surface area contributed by atoms with E-state index in [0.29, 0.717) is 10.6 Å². The number of carbonyl (C=O) groups is 1. The number of aryl methyl sites for hydroxylation is 1. The summed E-state index contributed by atoms with van der Waals surface area (Å²) in [5, 5.41) is 3.76. The fourth-order valence-corrected chi connectivity index (χ4v) is 2.89. The van der Waals surface area contributed by atoms with Crippen molar-refractivity contribution in [3.63, 3.8) is 0 Å². The molecule has 1 amide bonds. The molecule has 1 aliphatic heterocycles. The molecule has 3 nitrogen and oxygen atoms in total. The molecule has 1 saturated heterocycles. The molecule has 0 aliphatic carbocycles. The fraction of sp³-hybridized carbons (Fsp3) is 0.533. The molecule has 4 heteroatoms. The molecule has 1 fully saturated rings. The number of benzene rings is 1. The highest BCUT2D eigenvalue weighted by Gasteiger charge is 2.28. The molecule has 1 aromatic carbocycles. The number of hydrogen-bond donors (Lipinski definition) is 1. The molecule has 1 aromatic rings. The first-order chi connectivity index (χ1) is 9.15. The van der Waals surface area contributed by atoms with E-state index in [1.54, 1.807) is 0 Å². The number of likely N-dealkylation sites (N-methyl/N-ethyl adjacent to an activating group) is 1. The van der Waals surface area contributed by atoms with Crippen molar-refractivity contribution in [2.24, 2.45) is 0 Å². The predicted octanol–water partition coefficient (Wildman–Crippen LogP) is 2.86. The number of hydrogen-bond acceptors (Lipinski definition) is 2. The average Bonchev–Trinajstić information content (AvgIpc) is 2.42. The summed E-state index contributed by atoms with van der Waals surface area (Å²) in [6.45, 7) is 3.60. The molecule has 1 heterocycles. The van der Waals surface area contributed by atoms with Crippen LogP contribution in [0.3, 0.4) is 0 Å². The van der Waals surface area contributed by atoms with Crippen LogP contribution in [0.4, 0.5) is 0 Å². The minimum atomic E-state index is 0.0636. The van der Waals surface area contributed by atoms with Gasteiger partial charge < -0.3 is 10.2 Å². The molecule has 0 radical (unpaired) electrons. The summed E-state index contributed by atoms with van der Waals surface area (Å²) in [4.78, 5) is 14.6. The molecule has 1 aliphatic rings. The molecule has 2 rings (SSSR count). The summed E-state index contributed by atoms with van der Waals surface area (Å²) in [5.74, 6) is 0.0636. The van der Waals surface area contributed by atoms with Gasteiger partial charge in [-0.2, -0.15) is 0 Å². The van der Waals surface area contributed by atoms with Crippen molar-refractivity contribution in [1.29, 1.82) is 0 Å². The Balaban J connectivity index is 2.23. The third-order valence-electron chi connectivity index (χ3n) is 3.75. The maximum atomic E-state index is 12.7. The minimum Gasteiger partial charge on any atom is -0.334 e. The lowest BCUT2D eigenvalue weighted by Crippen LogP contribution is -2.48. The van der Waals surface area contributed by atoms with Crippen molar-refractivity contribution in [3.05, 3.63) is 34.3 Å². The first-order valence-corrected chi connectivity index (χ1v) is 7.23. The first kappa shape index (κ1) is 14.4. The van der Waals surface area contributed by atoms with Crippen molar-refractivity contribution in [2.45, 2.75) is 32.2 Å². The van der Waals surface area contributed by atoms with Crippen molar-refractivity contribution < 1.29 is 4.79 Å². The van der Waals surface area contributed by atoms with Gasteiger partial charge in [0.1, 0.15) is 0 Å². The van der Waals surface area contributed by atoms with E-state index >= 15 is 0 Å². The second-order valence-corrected chi connectivity index (χ2v) is 5.52. The SMILES string of the molecule is CNCC1CCCCN1C(=O)c1cccc(C)c1Cl. The Morgan fingerprint density at radius 2 is 2.26 bits per heavy atom. The second-order valence-electron chi connectivity index (χ2n) is 5.14. The number of piperidine rings is 1. The quantitative estimate of drug-likeness (QED) is 0.923. The van der Waals surface area contributed by atoms with Gasteiger partial charge in [-0.1, -0.05) is 23.7 Å². The fourth-order valence-electron chi connectivity index (χ4n) is 2.68. The highest BCUT2D eigenvalue weighted by Crippen LogP contribution is 2.25. The molecule has 0 aromatic heterocycles. The Kier molecular flexibility index (Phi) is 4.83. The van der Waals surface area contributed by atoms with Crippen LogP contribution in [0, 0.1) is 6.92 Å². The molecule has 0 saturated carbocycles. The molecule has 1 N–H and O–H groups in total. The lowest BCUT2D eigenvalue weighted by atomic mass is 10.00. The number of nitrogens with one attached hydrogen (secondary N) is 1.